The van der Waals surface area contributed by atoms with Gasteiger partial charge >= 0.3 is 0 Å². The molecule has 114 valence electrons. The van der Waals surface area contributed by atoms with Gasteiger partial charge < -0.3 is 15.0 Å². The molecule has 0 radical (unpaired) electrons. The van der Waals surface area contributed by atoms with Crippen molar-refractivity contribution in [1.29, 1.82) is 0 Å². The third-order valence-corrected chi connectivity index (χ3v) is 4.96. The number of nitrogens with one attached hydrogen (secondary N) is 1. The number of ether oxygens (including phenoxy) is 1. The summed E-state index contributed by atoms with van der Waals surface area (Å²) in [5, 5.41) is 4.67. The molecule has 1 aromatic heterocycles. The molecule has 1 aromatic rings. The van der Waals surface area contributed by atoms with Crippen molar-refractivity contribution in [3.05, 3.63) is 10.6 Å². The van der Waals surface area contributed by atoms with Crippen LogP contribution in [0.3, 0.4) is 0 Å². The lowest BCUT2D eigenvalue weighted by molar-refractivity contribution is 0.199. The summed E-state index contributed by atoms with van der Waals surface area (Å²) in [6.45, 7) is 8.27. The van der Waals surface area contributed by atoms with E-state index in [4.69, 9.17) is 9.72 Å². The minimum Gasteiger partial charge on any atom is -0.383 e. The molecule has 0 bridgehead atoms. The van der Waals surface area contributed by atoms with Gasteiger partial charge in [-0.15, -0.1) is 11.3 Å². The fourth-order valence-electron chi connectivity index (χ4n) is 2.66. The Balaban J connectivity index is 2.03. The van der Waals surface area contributed by atoms with Crippen LogP contribution in [-0.4, -0.2) is 37.8 Å². The molecule has 1 unspecified atom stereocenters. The number of thiazole rings is 1. The molecular formula is C15H27N3OS. The normalized spacial score (nSPS) is 18.9. The number of hydrogen-bond acceptors (Lipinski definition) is 5. The molecular weight excluding hydrogens is 270 g/mol. The maximum Gasteiger partial charge on any atom is 0.186 e. The predicted octanol–water partition coefficient (Wildman–Crippen LogP) is 2.82. The summed E-state index contributed by atoms with van der Waals surface area (Å²) >= 11 is 1.87. The molecule has 1 fully saturated rings. The van der Waals surface area contributed by atoms with E-state index in [0.29, 0.717) is 6.04 Å². The minimum absolute atomic E-state index is 0.643. The number of aromatic nitrogens is 1. The van der Waals surface area contributed by atoms with Crippen molar-refractivity contribution in [3.8, 4) is 0 Å². The summed E-state index contributed by atoms with van der Waals surface area (Å²) in [6.07, 6.45) is 4.83. The molecule has 0 amide bonds. The number of aryl methyl sites for hydroxylation is 1. The first-order valence-electron chi connectivity index (χ1n) is 7.71. The van der Waals surface area contributed by atoms with Crippen LogP contribution in [0, 0.1) is 0 Å². The van der Waals surface area contributed by atoms with Gasteiger partial charge in [0.2, 0.25) is 0 Å². The molecule has 4 nitrogen and oxygen atoms in total. The summed E-state index contributed by atoms with van der Waals surface area (Å²) in [5.74, 6) is 0. The minimum atomic E-state index is 0.643. The summed E-state index contributed by atoms with van der Waals surface area (Å²) in [4.78, 5) is 8.78. The number of hydrogen-bond donors (Lipinski definition) is 1. The second-order valence-electron chi connectivity index (χ2n) is 5.47. The third-order valence-electron chi connectivity index (χ3n) is 3.82. The third kappa shape index (κ3) is 3.93. The van der Waals surface area contributed by atoms with Gasteiger partial charge in [0.05, 0.1) is 12.3 Å². The van der Waals surface area contributed by atoms with Gasteiger partial charge in [0, 0.05) is 37.7 Å². The average Bonchev–Trinajstić information content (AvgIpc) is 3.02. The van der Waals surface area contributed by atoms with Crippen LogP contribution in [0.2, 0.25) is 0 Å². The number of methoxy groups -OCH3 is 1. The highest BCUT2D eigenvalue weighted by molar-refractivity contribution is 7.15. The van der Waals surface area contributed by atoms with E-state index in [9.17, 15) is 0 Å². The first kappa shape index (κ1) is 15.7. The molecule has 2 heterocycles. The molecule has 0 spiro atoms. The van der Waals surface area contributed by atoms with Gasteiger partial charge in [-0.05, 0) is 26.2 Å². The molecule has 1 saturated heterocycles. The molecule has 5 heteroatoms. The highest BCUT2D eigenvalue weighted by Crippen LogP contribution is 2.32. The van der Waals surface area contributed by atoms with Crippen molar-refractivity contribution >= 4 is 16.5 Å². The molecule has 0 aliphatic carbocycles. The Morgan fingerprint density at radius 2 is 2.35 bits per heavy atom. The SMILES string of the molecule is CCCc1nc(N2CCCC2C)sc1CNCCOC. The molecule has 1 aliphatic rings. The fraction of sp³-hybridized carbons (Fsp3) is 0.800. The summed E-state index contributed by atoms with van der Waals surface area (Å²) in [5.41, 5.74) is 1.29. The molecule has 0 saturated carbocycles. The standard InChI is InChI=1S/C15H27N3OS/c1-4-6-13-14(11-16-8-10-19-3)20-15(17-13)18-9-5-7-12(18)2/h12,16H,4-11H2,1-3H3. The summed E-state index contributed by atoms with van der Waals surface area (Å²) in [7, 11) is 1.74. The Hall–Kier alpha value is -0.650. The topological polar surface area (TPSA) is 37.4 Å². The number of nitrogens with zero attached hydrogens (tertiary/aromatic N) is 2. The van der Waals surface area contributed by atoms with E-state index in [1.165, 1.54) is 28.5 Å². The molecule has 1 N–H and O–H groups in total. The zero-order chi connectivity index (χ0) is 14.4. The van der Waals surface area contributed by atoms with Crippen molar-refractivity contribution in [3.63, 3.8) is 0 Å². The Morgan fingerprint density at radius 1 is 1.50 bits per heavy atom. The van der Waals surface area contributed by atoms with E-state index in [-0.39, 0.29) is 0 Å². The van der Waals surface area contributed by atoms with Gasteiger partial charge in [-0.3, -0.25) is 0 Å². The smallest absolute Gasteiger partial charge is 0.186 e. The molecule has 0 aromatic carbocycles. The van der Waals surface area contributed by atoms with Gasteiger partial charge in [0.15, 0.2) is 5.13 Å². The van der Waals surface area contributed by atoms with Crippen LogP contribution in [0.4, 0.5) is 5.13 Å². The zero-order valence-corrected chi connectivity index (χ0v) is 13.8. The molecule has 20 heavy (non-hydrogen) atoms. The van der Waals surface area contributed by atoms with Crippen LogP contribution >= 0.6 is 11.3 Å². The molecule has 2 rings (SSSR count). The van der Waals surface area contributed by atoms with Crippen LogP contribution in [0.15, 0.2) is 0 Å². The van der Waals surface area contributed by atoms with Crippen LogP contribution in [0.25, 0.3) is 0 Å². The largest absolute Gasteiger partial charge is 0.383 e. The lowest BCUT2D eigenvalue weighted by atomic mass is 10.2. The van der Waals surface area contributed by atoms with Gasteiger partial charge in [0.1, 0.15) is 0 Å². The predicted molar refractivity (Wildman–Crippen MR) is 85.7 cm³/mol. The van der Waals surface area contributed by atoms with E-state index in [2.05, 4.69) is 24.1 Å². The lowest BCUT2D eigenvalue weighted by Gasteiger charge is -2.19. The maximum atomic E-state index is 5.08. The van der Waals surface area contributed by atoms with Gasteiger partial charge in [0.25, 0.3) is 0 Å². The fourth-order valence-corrected chi connectivity index (χ4v) is 3.86. The Morgan fingerprint density at radius 3 is 3.00 bits per heavy atom. The highest BCUT2D eigenvalue weighted by Gasteiger charge is 2.24. The Labute approximate surface area is 126 Å². The van der Waals surface area contributed by atoms with E-state index >= 15 is 0 Å². The van der Waals surface area contributed by atoms with E-state index < -0.39 is 0 Å². The summed E-state index contributed by atoms with van der Waals surface area (Å²) < 4.78 is 5.08. The second kappa shape index (κ2) is 7.96. The van der Waals surface area contributed by atoms with E-state index in [1.807, 2.05) is 11.3 Å². The van der Waals surface area contributed by atoms with Gasteiger partial charge in [-0.25, -0.2) is 4.98 Å². The first-order chi connectivity index (χ1) is 9.76. The first-order valence-corrected chi connectivity index (χ1v) is 8.52. The molecule has 1 atom stereocenters. The van der Waals surface area contributed by atoms with Crippen molar-refractivity contribution in [2.24, 2.45) is 0 Å². The monoisotopic (exact) mass is 297 g/mol. The van der Waals surface area contributed by atoms with Crippen LogP contribution in [-0.2, 0) is 17.7 Å². The van der Waals surface area contributed by atoms with Crippen LogP contribution in [0.5, 0.6) is 0 Å². The molecule has 1 aliphatic heterocycles. The zero-order valence-electron chi connectivity index (χ0n) is 12.9. The number of rotatable bonds is 8. The van der Waals surface area contributed by atoms with E-state index in [1.54, 1.807) is 7.11 Å². The Bertz CT molecular complexity index is 408. The van der Waals surface area contributed by atoms with Gasteiger partial charge in [-0.2, -0.15) is 0 Å². The number of anilines is 1. The average molecular weight is 297 g/mol. The Kier molecular flexibility index (Phi) is 6.26. The lowest BCUT2D eigenvalue weighted by Crippen LogP contribution is -2.25. The quantitative estimate of drug-likeness (QED) is 0.749. The second-order valence-corrected chi connectivity index (χ2v) is 6.53. The van der Waals surface area contributed by atoms with Crippen molar-refractivity contribution in [2.45, 2.75) is 52.1 Å². The maximum absolute atomic E-state index is 5.08. The highest BCUT2D eigenvalue weighted by atomic mass is 32.1. The van der Waals surface area contributed by atoms with Gasteiger partial charge in [-0.1, -0.05) is 13.3 Å². The van der Waals surface area contributed by atoms with Crippen molar-refractivity contribution < 1.29 is 4.74 Å². The van der Waals surface area contributed by atoms with Crippen molar-refractivity contribution in [2.75, 3.05) is 31.7 Å². The summed E-state index contributed by atoms with van der Waals surface area (Å²) in [6, 6.07) is 0.643. The van der Waals surface area contributed by atoms with E-state index in [0.717, 1.165) is 39.1 Å². The van der Waals surface area contributed by atoms with Crippen molar-refractivity contribution in [1.82, 2.24) is 10.3 Å². The van der Waals surface area contributed by atoms with Crippen LogP contribution in [0.1, 0.15) is 43.7 Å². The van der Waals surface area contributed by atoms with Crippen LogP contribution < -0.4 is 10.2 Å².